The molecular formula is C14H30N2O. The van der Waals surface area contributed by atoms with Gasteiger partial charge in [0.1, 0.15) is 0 Å². The minimum Gasteiger partial charge on any atom is -0.395 e. The topological polar surface area (TPSA) is 35.5 Å². The molecule has 1 aliphatic rings. The van der Waals surface area contributed by atoms with Crippen molar-refractivity contribution in [1.29, 1.82) is 0 Å². The maximum Gasteiger partial charge on any atom is 0.0584 e. The van der Waals surface area contributed by atoms with Gasteiger partial charge in [-0.15, -0.1) is 0 Å². The lowest BCUT2D eigenvalue weighted by Crippen LogP contribution is -2.54. The second-order valence-corrected chi connectivity index (χ2v) is 6.28. The van der Waals surface area contributed by atoms with Crippen molar-refractivity contribution >= 4 is 0 Å². The number of hydrogen-bond acceptors (Lipinski definition) is 3. The molecule has 102 valence electrons. The van der Waals surface area contributed by atoms with E-state index in [0.29, 0.717) is 23.9 Å². The quantitative estimate of drug-likeness (QED) is 0.770. The summed E-state index contributed by atoms with van der Waals surface area (Å²) in [5.41, 5.74) is 0. The molecule has 0 aromatic heterocycles. The van der Waals surface area contributed by atoms with Crippen molar-refractivity contribution in [2.24, 2.45) is 11.8 Å². The molecule has 1 aliphatic heterocycles. The third-order valence-corrected chi connectivity index (χ3v) is 4.04. The fraction of sp³-hybridized carbons (Fsp3) is 1.00. The van der Waals surface area contributed by atoms with Crippen LogP contribution in [-0.2, 0) is 0 Å². The fourth-order valence-electron chi connectivity index (χ4n) is 2.84. The zero-order chi connectivity index (χ0) is 13.0. The highest BCUT2D eigenvalue weighted by atomic mass is 16.3. The number of nitrogens with zero attached hydrogens (tertiary/aromatic N) is 1. The van der Waals surface area contributed by atoms with Gasteiger partial charge in [-0.2, -0.15) is 0 Å². The molecule has 0 aliphatic carbocycles. The maximum atomic E-state index is 9.44. The summed E-state index contributed by atoms with van der Waals surface area (Å²) in [7, 11) is 2.20. The van der Waals surface area contributed by atoms with E-state index in [-0.39, 0.29) is 12.6 Å². The van der Waals surface area contributed by atoms with Gasteiger partial charge in [-0.1, -0.05) is 20.8 Å². The van der Waals surface area contributed by atoms with Gasteiger partial charge in [-0.05, 0) is 38.6 Å². The van der Waals surface area contributed by atoms with Gasteiger partial charge in [-0.3, -0.25) is 0 Å². The van der Waals surface area contributed by atoms with E-state index in [9.17, 15) is 5.11 Å². The van der Waals surface area contributed by atoms with Crippen LogP contribution in [0.15, 0.2) is 0 Å². The van der Waals surface area contributed by atoms with Gasteiger partial charge < -0.3 is 15.3 Å². The number of aliphatic hydroxyl groups is 1. The van der Waals surface area contributed by atoms with E-state index in [1.165, 1.54) is 6.42 Å². The molecule has 3 nitrogen and oxygen atoms in total. The maximum absolute atomic E-state index is 9.44. The lowest BCUT2D eigenvalue weighted by molar-refractivity contribution is 0.103. The molecule has 0 amide bonds. The van der Waals surface area contributed by atoms with Crippen molar-refractivity contribution in [1.82, 2.24) is 10.2 Å². The molecule has 4 unspecified atom stereocenters. The number of rotatable bonds is 5. The molecule has 0 radical (unpaired) electrons. The molecular weight excluding hydrogens is 212 g/mol. The smallest absolute Gasteiger partial charge is 0.0584 e. The summed E-state index contributed by atoms with van der Waals surface area (Å²) in [5, 5.41) is 13.1. The first-order valence-electron chi connectivity index (χ1n) is 7.01. The van der Waals surface area contributed by atoms with Crippen LogP contribution in [0.25, 0.3) is 0 Å². The minimum absolute atomic E-state index is 0.256. The lowest BCUT2D eigenvalue weighted by Gasteiger charge is -2.41. The highest BCUT2D eigenvalue weighted by Gasteiger charge is 2.30. The summed E-state index contributed by atoms with van der Waals surface area (Å²) in [5.74, 6) is 1.30. The summed E-state index contributed by atoms with van der Waals surface area (Å²) in [6, 6.07) is 1.46. The Kier molecular flexibility index (Phi) is 5.90. The first kappa shape index (κ1) is 14.9. The highest BCUT2D eigenvalue weighted by Crippen LogP contribution is 2.21. The zero-order valence-electron chi connectivity index (χ0n) is 12.1. The summed E-state index contributed by atoms with van der Waals surface area (Å²) in [4.78, 5) is 2.43. The van der Waals surface area contributed by atoms with Crippen LogP contribution in [-0.4, -0.2) is 48.3 Å². The van der Waals surface area contributed by atoms with Gasteiger partial charge in [-0.25, -0.2) is 0 Å². The normalized spacial score (nSPS) is 33.0. The van der Waals surface area contributed by atoms with Crippen LogP contribution in [0.1, 0.15) is 40.5 Å². The molecule has 0 bridgehead atoms. The molecule has 0 aromatic carbocycles. The molecule has 1 fully saturated rings. The Balaban J connectivity index is 2.48. The van der Waals surface area contributed by atoms with Crippen LogP contribution in [0.4, 0.5) is 0 Å². The Labute approximate surface area is 107 Å². The first-order valence-corrected chi connectivity index (χ1v) is 7.01. The predicted octanol–water partition coefficient (Wildman–Crippen LogP) is 1.71. The SMILES string of the molecule is CC(C)CC(CO)NC1CC(C)N(C)CC1C. The van der Waals surface area contributed by atoms with Crippen LogP contribution < -0.4 is 5.32 Å². The number of hydrogen-bond donors (Lipinski definition) is 2. The van der Waals surface area contributed by atoms with E-state index in [0.717, 1.165) is 13.0 Å². The zero-order valence-corrected chi connectivity index (χ0v) is 12.1. The van der Waals surface area contributed by atoms with E-state index in [2.05, 4.69) is 45.0 Å². The van der Waals surface area contributed by atoms with E-state index in [4.69, 9.17) is 0 Å². The molecule has 1 heterocycles. The molecule has 0 saturated carbocycles. The number of aliphatic hydroxyl groups excluding tert-OH is 1. The lowest BCUT2D eigenvalue weighted by atomic mass is 9.88. The monoisotopic (exact) mass is 242 g/mol. The van der Waals surface area contributed by atoms with E-state index >= 15 is 0 Å². The van der Waals surface area contributed by atoms with Crippen molar-refractivity contribution in [2.75, 3.05) is 20.2 Å². The van der Waals surface area contributed by atoms with E-state index < -0.39 is 0 Å². The van der Waals surface area contributed by atoms with Gasteiger partial charge in [0.2, 0.25) is 0 Å². The van der Waals surface area contributed by atoms with Crippen molar-refractivity contribution in [3.63, 3.8) is 0 Å². The van der Waals surface area contributed by atoms with E-state index in [1.807, 2.05) is 0 Å². The molecule has 1 saturated heterocycles. The second kappa shape index (κ2) is 6.72. The Morgan fingerprint density at radius 1 is 1.35 bits per heavy atom. The Bertz CT molecular complexity index is 220. The third-order valence-electron chi connectivity index (χ3n) is 4.04. The van der Waals surface area contributed by atoms with Crippen LogP contribution in [0.5, 0.6) is 0 Å². The van der Waals surface area contributed by atoms with Gasteiger partial charge in [0.05, 0.1) is 6.61 Å². The fourth-order valence-corrected chi connectivity index (χ4v) is 2.84. The minimum atomic E-state index is 0.256. The summed E-state index contributed by atoms with van der Waals surface area (Å²) in [6.07, 6.45) is 2.25. The van der Waals surface area contributed by atoms with Crippen molar-refractivity contribution in [3.8, 4) is 0 Å². The number of piperidine rings is 1. The highest BCUT2D eigenvalue weighted by molar-refractivity contribution is 4.88. The molecule has 0 aromatic rings. The van der Waals surface area contributed by atoms with Crippen LogP contribution in [0.2, 0.25) is 0 Å². The van der Waals surface area contributed by atoms with E-state index in [1.54, 1.807) is 0 Å². The van der Waals surface area contributed by atoms with Crippen LogP contribution >= 0.6 is 0 Å². The Morgan fingerprint density at radius 2 is 2.00 bits per heavy atom. The van der Waals surface area contributed by atoms with Crippen LogP contribution in [0, 0.1) is 11.8 Å². The van der Waals surface area contributed by atoms with Gasteiger partial charge >= 0.3 is 0 Å². The van der Waals surface area contributed by atoms with Crippen molar-refractivity contribution in [2.45, 2.75) is 58.7 Å². The van der Waals surface area contributed by atoms with Gasteiger partial charge in [0.25, 0.3) is 0 Å². The standard InChI is InChI=1S/C14H30N2O/c1-10(2)6-13(9-17)15-14-7-12(4)16(5)8-11(14)3/h10-15,17H,6-9H2,1-5H3. The molecule has 4 atom stereocenters. The summed E-state index contributed by atoms with van der Waals surface area (Å²) >= 11 is 0. The van der Waals surface area contributed by atoms with Crippen molar-refractivity contribution < 1.29 is 5.11 Å². The predicted molar refractivity (Wildman–Crippen MR) is 73.1 cm³/mol. The molecule has 2 N–H and O–H groups in total. The molecule has 17 heavy (non-hydrogen) atoms. The third kappa shape index (κ3) is 4.57. The van der Waals surface area contributed by atoms with Crippen LogP contribution in [0.3, 0.4) is 0 Å². The molecule has 0 spiro atoms. The first-order chi connectivity index (χ1) is 7.93. The average molecular weight is 242 g/mol. The average Bonchev–Trinajstić information content (AvgIpc) is 2.24. The van der Waals surface area contributed by atoms with Gasteiger partial charge in [0.15, 0.2) is 0 Å². The summed E-state index contributed by atoms with van der Waals surface area (Å²) in [6.45, 7) is 10.4. The largest absolute Gasteiger partial charge is 0.395 e. The second-order valence-electron chi connectivity index (χ2n) is 6.28. The molecule has 3 heteroatoms. The Hall–Kier alpha value is -0.120. The number of nitrogens with one attached hydrogen (secondary N) is 1. The summed E-state index contributed by atoms with van der Waals surface area (Å²) < 4.78 is 0. The Morgan fingerprint density at radius 3 is 2.53 bits per heavy atom. The molecule has 1 rings (SSSR count). The van der Waals surface area contributed by atoms with Crippen molar-refractivity contribution in [3.05, 3.63) is 0 Å². The van der Waals surface area contributed by atoms with Gasteiger partial charge in [0, 0.05) is 24.7 Å². The number of likely N-dealkylation sites (tertiary alicyclic amines) is 1.